The minimum Gasteiger partial charge on any atom is -0.355 e. The molecule has 1 aliphatic heterocycles. The van der Waals surface area contributed by atoms with Crippen LogP contribution in [-0.2, 0) is 16.0 Å². The molecule has 0 saturated carbocycles. The zero-order valence-electron chi connectivity index (χ0n) is 9.12. The van der Waals surface area contributed by atoms with Crippen LogP contribution < -0.4 is 5.32 Å². The van der Waals surface area contributed by atoms with Crippen molar-refractivity contribution in [3.8, 4) is 0 Å². The van der Waals surface area contributed by atoms with Crippen molar-refractivity contribution >= 4 is 15.9 Å². The summed E-state index contributed by atoms with van der Waals surface area (Å²) in [7, 11) is 0. The van der Waals surface area contributed by atoms with Gasteiger partial charge in [-0.15, -0.1) is 0 Å². The summed E-state index contributed by atoms with van der Waals surface area (Å²) in [6.45, 7) is 2.98. The Morgan fingerprint density at radius 1 is 1.38 bits per heavy atom. The lowest BCUT2D eigenvalue weighted by molar-refractivity contribution is -0.137. The molecule has 1 fully saturated rings. The molecular formula is C12H16BrNO2. The Morgan fingerprint density at radius 3 is 3.00 bits per heavy atom. The van der Waals surface area contributed by atoms with E-state index < -0.39 is 0 Å². The van der Waals surface area contributed by atoms with Crippen LogP contribution in [-0.4, -0.2) is 26.0 Å². The number of rotatable bonds is 4. The maximum atomic E-state index is 5.45. The summed E-state index contributed by atoms with van der Waals surface area (Å²) >= 11 is 3.53. The molecular weight excluding hydrogens is 270 g/mol. The molecule has 88 valence electrons. The topological polar surface area (TPSA) is 30.5 Å². The van der Waals surface area contributed by atoms with Crippen molar-refractivity contribution in [2.75, 3.05) is 19.9 Å². The van der Waals surface area contributed by atoms with Crippen LogP contribution in [0.3, 0.4) is 0 Å². The van der Waals surface area contributed by atoms with E-state index in [0.717, 1.165) is 30.6 Å². The second kappa shape index (κ2) is 6.35. The predicted molar refractivity (Wildman–Crippen MR) is 66.2 cm³/mol. The van der Waals surface area contributed by atoms with Crippen LogP contribution >= 0.6 is 15.9 Å². The molecule has 1 aromatic rings. The third-order valence-corrected chi connectivity index (χ3v) is 3.39. The number of halogens is 1. The van der Waals surface area contributed by atoms with Crippen LogP contribution in [0.4, 0.5) is 0 Å². The molecule has 0 bridgehead atoms. The van der Waals surface area contributed by atoms with Gasteiger partial charge in [0.05, 0.1) is 12.7 Å². The molecule has 1 aliphatic rings. The van der Waals surface area contributed by atoms with E-state index in [-0.39, 0.29) is 6.10 Å². The van der Waals surface area contributed by atoms with Crippen LogP contribution in [0, 0.1) is 0 Å². The van der Waals surface area contributed by atoms with Gasteiger partial charge in [0.25, 0.3) is 0 Å². The van der Waals surface area contributed by atoms with E-state index in [9.17, 15) is 0 Å². The molecule has 1 heterocycles. The van der Waals surface area contributed by atoms with E-state index in [4.69, 9.17) is 9.47 Å². The van der Waals surface area contributed by atoms with E-state index >= 15 is 0 Å². The third-order valence-electron chi connectivity index (χ3n) is 2.62. The van der Waals surface area contributed by atoms with Gasteiger partial charge in [0, 0.05) is 17.6 Å². The summed E-state index contributed by atoms with van der Waals surface area (Å²) in [6.07, 6.45) is 1.26. The molecule has 1 unspecified atom stereocenters. The lowest BCUT2D eigenvalue weighted by Gasteiger charge is -2.23. The maximum absolute atomic E-state index is 5.45. The molecule has 1 atom stereocenters. The number of hydrogen-bond donors (Lipinski definition) is 1. The molecule has 0 spiro atoms. The normalized spacial score (nSPS) is 20.9. The summed E-state index contributed by atoms with van der Waals surface area (Å²) in [6, 6.07) is 8.24. The monoisotopic (exact) mass is 285 g/mol. The lowest BCUT2D eigenvalue weighted by Crippen LogP contribution is -2.33. The maximum Gasteiger partial charge on any atom is 0.147 e. The predicted octanol–water partition coefficient (Wildman–Crippen LogP) is 2.30. The van der Waals surface area contributed by atoms with Crippen molar-refractivity contribution in [1.82, 2.24) is 5.32 Å². The van der Waals surface area contributed by atoms with Crippen molar-refractivity contribution in [1.29, 1.82) is 0 Å². The zero-order valence-corrected chi connectivity index (χ0v) is 10.7. The van der Waals surface area contributed by atoms with Crippen LogP contribution in [0.5, 0.6) is 0 Å². The van der Waals surface area contributed by atoms with Gasteiger partial charge >= 0.3 is 0 Å². The molecule has 0 amide bonds. The molecule has 4 heteroatoms. The van der Waals surface area contributed by atoms with Crippen LogP contribution in [0.25, 0.3) is 0 Å². The van der Waals surface area contributed by atoms with Crippen LogP contribution in [0.2, 0.25) is 0 Å². The van der Waals surface area contributed by atoms with Crippen molar-refractivity contribution in [2.24, 2.45) is 0 Å². The minimum atomic E-state index is 0.288. The Labute approximate surface area is 104 Å². The molecule has 16 heavy (non-hydrogen) atoms. The van der Waals surface area contributed by atoms with Gasteiger partial charge in [0.15, 0.2) is 0 Å². The second-order valence-electron chi connectivity index (χ2n) is 3.83. The molecule has 0 aliphatic carbocycles. The quantitative estimate of drug-likeness (QED) is 0.921. The Kier molecular flexibility index (Phi) is 4.78. The first-order valence-electron chi connectivity index (χ1n) is 5.50. The molecule has 1 N–H and O–H groups in total. The number of ether oxygens (including phenoxy) is 2. The van der Waals surface area contributed by atoms with Crippen molar-refractivity contribution in [2.45, 2.75) is 19.1 Å². The van der Waals surface area contributed by atoms with E-state index in [1.807, 2.05) is 12.1 Å². The van der Waals surface area contributed by atoms with Crippen LogP contribution in [0.1, 0.15) is 12.0 Å². The second-order valence-corrected chi connectivity index (χ2v) is 4.68. The standard InChI is InChI=1S/C12H16BrNO2/c13-12-4-2-1-3-10(12)7-14-8-11-5-6-15-9-16-11/h1-4,11,14H,5-9H2. The van der Waals surface area contributed by atoms with Gasteiger partial charge < -0.3 is 14.8 Å². The molecule has 3 nitrogen and oxygen atoms in total. The number of hydrogen-bond acceptors (Lipinski definition) is 3. The first kappa shape index (κ1) is 12.0. The number of benzene rings is 1. The van der Waals surface area contributed by atoms with E-state index in [0.29, 0.717) is 6.79 Å². The molecule has 1 aromatic carbocycles. The fraction of sp³-hybridized carbons (Fsp3) is 0.500. The van der Waals surface area contributed by atoms with Gasteiger partial charge in [0.1, 0.15) is 6.79 Å². The fourth-order valence-electron chi connectivity index (χ4n) is 1.67. The Hall–Kier alpha value is -0.420. The highest BCUT2D eigenvalue weighted by atomic mass is 79.9. The summed E-state index contributed by atoms with van der Waals surface area (Å²) in [5, 5.41) is 3.40. The van der Waals surface area contributed by atoms with Crippen molar-refractivity contribution in [3.63, 3.8) is 0 Å². The zero-order chi connectivity index (χ0) is 11.2. The van der Waals surface area contributed by atoms with Gasteiger partial charge in [-0.25, -0.2) is 0 Å². The highest BCUT2D eigenvalue weighted by molar-refractivity contribution is 9.10. The van der Waals surface area contributed by atoms with E-state index in [1.54, 1.807) is 0 Å². The Balaban J connectivity index is 1.73. The first-order valence-corrected chi connectivity index (χ1v) is 6.29. The molecule has 1 saturated heterocycles. The molecule has 2 rings (SSSR count). The fourth-order valence-corrected chi connectivity index (χ4v) is 2.10. The summed E-state index contributed by atoms with van der Waals surface area (Å²) in [5.74, 6) is 0. The Bertz CT molecular complexity index is 327. The van der Waals surface area contributed by atoms with Crippen molar-refractivity contribution < 1.29 is 9.47 Å². The van der Waals surface area contributed by atoms with E-state index in [1.165, 1.54) is 5.56 Å². The average Bonchev–Trinajstić information content (AvgIpc) is 2.33. The highest BCUT2D eigenvalue weighted by Crippen LogP contribution is 2.15. The Morgan fingerprint density at radius 2 is 2.25 bits per heavy atom. The summed E-state index contributed by atoms with van der Waals surface area (Å²) < 4.78 is 11.7. The highest BCUT2D eigenvalue weighted by Gasteiger charge is 2.13. The van der Waals surface area contributed by atoms with Gasteiger partial charge in [0.2, 0.25) is 0 Å². The van der Waals surface area contributed by atoms with Crippen LogP contribution in [0.15, 0.2) is 28.7 Å². The molecule has 0 radical (unpaired) electrons. The van der Waals surface area contributed by atoms with Gasteiger partial charge in [-0.2, -0.15) is 0 Å². The molecule has 0 aromatic heterocycles. The largest absolute Gasteiger partial charge is 0.355 e. The SMILES string of the molecule is Brc1ccccc1CNCC1CCOCO1. The first-order chi connectivity index (χ1) is 7.86. The van der Waals surface area contributed by atoms with Gasteiger partial charge in [-0.3, -0.25) is 0 Å². The van der Waals surface area contributed by atoms with Crippen molar-refractivity contribution in [3.05, 3.63) is 34.3 Å². The van der Waals surface area contributed by atoms with Gasteiger partial charge in [-0.05, 0) is 18.1 Å². The third kappa shape index (κ3) is 3.56. The summed E-state index contributed by atoms with van der Waals surface area (Å²) in [5.41, 5.74) is 1.27. The smallest absolute Gasteiger partial charge is 0.147 e. The minimum absolute atomic E-state index is 0.288. The number of nitrogens with one attached hydrogen (secondary N) is 1. The van der Waals surface area contributed by atoms with E-state index in [2.05, 4.69) is 33.4 Å². The van der Waals surface area contributed by atoms with Gasteiger partial charge in [-0.1, -0.05) is 34.1 Å². The average molecular weight is 286 g/mol. The lowest BCUT2D eigenvalue weighted by atomic mass is 10.2. The summed E-state index contributed by atoms with van der Waals surface area (Å²) in [4.78, 5) is 0.